The van der Waals surface area contributed by atoms with E-state index < -0.39 is 50.4 Å². The summed E-state index contributed by atoms with van der Waals surface area (Å²) in [5.74, 6) is 0. The van der Waals surface area contributed by atoms with Crippen LogP contribution in [0.1, 0.15) is 13.8 Å². The lowest BCUT2D eigenvalue weighted by molar-refractivity contribution is 0.245. The second-order valence-electron chi connectivity index (χ2n) is 12.2. The van der Waals surface area contributed by atoms with E-state index in [0.29, 0.717) is 5.16 Å². The van der Waals surface area contributed by atoms with Gasteiger partial charge in [-0.15, -0.1) is 0 Å². The summed E-state index contributed by atoms with van der Waals surface area (Å²) in [6.07, 6.45) is 0. The van der Waals surface area contributed by atoms with Gasteiger partial charge in [-0.05, 0) is 99.0 Å². The fourth-order valence-electron chi connectivity index (χ4n) is 4.11. The number of hydrogen-bond donors (Lipinski definition) is 0. The minimum atomic E-state index is -2.95. The van der Waals surface area contributed by atoms with Crippen LogP contribution in [-0.2, 0) is 21.2 Å². The van der Waals surface area contributed by atoms with E-state index in [-0.39, 0.29) is 0 Å². The third-order valence-corrected chi connectivity index (χ3v) is 27.4. The zero-order valence-electron chi connectivity index (χ0n) is 22.7. The maximum atomic E-state index is 6.99. The largest absolute Gasteiger partial charge is 0.469 e. The second-order valence-corrected chi connectivity index (χ2v) is 38.0. The molecule has 0 spiro atoms. The van der Waals surface area contributed by atoms with Crippen molar-refractivity contribution in [1.29, 1.82) is 0 Å². The van der Waals surface area contributed by atoms with Gasteiger partial charge in [0, 0.05) is 24.4 Å². The van der Waals surface area contributed by atoms with Crippen LogP contribution in [0.4, 0.5) is 0 Å². The Kier molecular flexibility index (Phi) is 11.4. The van der Waals surface area contributed by atoms with Crippen LogP contribution in [0.15, 0.2) is 0 Å². The SMILES string of the molecule is CCO[Si](C)(C)C(C[Si](O[Si](C)(C)C)(O[Si](C)(C)C)O[Si](C)(C)C)[Si](C)(C)OCC. The van der Waals surface area contributed by atoms with Crippen LogP contribution in [0.25, 0.3) is 0 Å². The molecule has 0 atom stereocenters. The van der Waals surface area contributed by atoms with Gasteiger partial charge in [-0.1, -0.05) is 0 Å². The van der Waals surface area contributed by atoms with Gasteiger partial charge in [-0.2, -0.15) is 0 Å². The van der Waals surface area contributed by atoms with E-state index in [1.165, 1.54) is 0 Å². The first kappa shape index (κ1) is 31.1. The van der Waals surface area contributed by atoms with E-state index in [1.807, 2.05) is 0 Å². The van der Waals surface area contributed by atoms with Gasteiger partial charge in [0.25, 0.3) is 0 Å². The minimum Gasteiger partial charge on any atom is -0.418 e. The first-order valence-electron chi connectivity index (χ1n) is 11.5. The second kappa shape index (κ2) is 11.0. The molecule has 0 amide bonds. The van der Waals surface area contributed by atoms with Crippen molar-refractivity contribution < 1.29 is 21.2 Å². The summed E-state index contributed by atoms with van der Waals surface area (Å²) in [5.41, 5.74) is 0. The Bertz CT molecular complexity index is 464. The highest BCUT2D eigenvalue weighted by molar-refractivity contribution is 6.96. The summed E-state index contributed by atoms with van der Waals surface area (Å²) in [6, 6.07) is 0.824. The molecule has 0 aliphatic rings. The Hall–Kier alpha value is 1.10. The molecule has 0 aromatic heterocycles. The Morgan fingerprint density at radius 1 is 0.500 bits per heavy atom. The molecule has 0 N–H and O–H groups in total. The average molecular weight is 529 g/mol. The predicted octanol–water partition coefficient (Wildman–Crippen LogP) is 6.87. The van der Waals surface area contributed by atoms with Crippen molar-refractivity contribution in [2.45, 2.75) is 110 Å². The molecule has 0 saturated carbocycles. The normalized spacial score (nSPS) is 15.2. The van der Waals surface area contributed by atoms with Gasteiger partial charge in [0.05, 0.1) is 0 Å². The Labute approximate surface area is 194 Å². The molecule has 30 heavy (non-hydrogen) atoms. The van der Waals surface area contributed by atoms with Crippen LogP contribution in [0.5, 0.6) is 0 Å². The van der Waals surface area contributed by atoms with Gasteiger partial charge in [0.2, 0.25) is 0 Å². The molecule has 0 fully saturated rings. The van der Waals surface area contributed by atoms with E-state index in [9.17, 15) is 0 Å². The van der Waals surface area contributed by atoms with Crippen LogP contribution in [0.2, 0.25) is 96.3 Å². The Morgan fingerprint density at radius 3 is 0.967 bits per heavy atom. The van der Waals surface area contributed by atoms with E-state index in [2.05, 4.69) is 99.0 Å². The third kappa shape index (κ3) is 11.8. The van der Waals surface area contributed by atoms with Crippen molar-refractivity contribution in [1.82, 2.24) is 0 Å². The highest BCUT2D eigenvalue weighted by Crippen LogP contribution is 2.43. The lowest BCUT2D eigenvalue weighted by Gasteiger charge is -2.48. The summed E-state index contributed by atoms with van der Waals surface area (Å²) in [5, 5.41) is 0.334. The van der Waals surface area contributed by atoms with Gasteiger partial charge < -0.3 is 21.2 Å². The standard InChI is InChI=1S/C19H52O5Si6/c1-16-20-28(12,13)19(29(14,15)21-17-2)18-30(22-25(3,4)5,23-26(6,7)8)24-27(9,10)11/h19H,16-18H2,1-15H3. The zero-order valence-corrected chi connectivity index (χ0v) is 28.7. The monoisotopic (exact) mass is 528 g/mol. The molecule has 0 aromatic rings. The molecule has 5 nitrogen and oxygen atoms in total. The van der Waals surface area contributed by atoms with Crippen molar-refractivity contribution >= 4 is 50.4 Å². The molecule has 11 heteroatoms. The quantitative estimate of drug-likeness (QED) is 0.230. The molecular weight excluding hydrogens is 477 g/mol. The highest BCUT2D eigenvalue weighted by Gasteiger charge is 2.57. The smallest absolute Gasteiger partial charge is 0.418 e. The van der Waals surface area contributed by atoms with Crippen molar-refractivity contribution in [3.05, 3.63) is 0 Å². The van der Waals surface area contributed by atoms with Gasteiger partial charge in [-0.25, -0.2) is 0 Å². The van der Waals surface area contributed by atoms with Crippen molar-refractivity contribution in [3.63, 3.8) is 0 Å². The molecule has 0 rings (SSSR count). The zero-order chi connectivity index (χ0) is 24.2. The first-order chi connectivity index (χ1) is 13.1. The molecule has 0 saturated heterocycles. The lowest BCUT2D eigenvalue weighted by atomic mass is 10.9. The summed E-state index contributed by atoms with van der Waals surface area (Å²) in [6.45, 7) is 35.3. The molecule has 0 aliphatic carbocycles. The molecule has 0 heterocycles. The van der Waals surface area contributed by atoms with Crippen LogP contribution in [0.3, 0.4) is 0 Å². The van der Waals surface area contributed by atoms with E-state index >= 15 is 0 Å². The van der Waals surface area contributed by atoms with Gasteiger partial charge >= 0.3 is 8.80 Å². The fourth-order valence-corrected chi connectivity index (χ4v) is 33.0. The van der Waals surface area contributed by atoms with Crippen molar-refractivity contribution in [2.24, 2.45) is 0 Å². The van der Waals surface area contributed by atoms with Crippen LogP contribution >= 0.6 is 0 Å². The van der Waals surface area contributed by atoms with Gasteiger partial charge in [0.15, 0.2) is 41.6 Å². The molecule has 0 aromatic carbocycles. The fraction of sp³-hybridized carbons (Fsp3) is 1.00. The van der Waals surface area contributed by atoms with Gasteiger partial charge in [0.1, 0.15) is 0 Å². The van der Waals surface area contributed by atoms with Gasteiger partial charge in [-0.3, -0.25) is 0 Å². The Morgan fingerprint density at radius 2 is 0.767 bits per heavy atom. The molecule has 0 aliphatic heterocycles. The van der Waals surface area contributed by atoms with E-state index in [0.717, 1.165) is 19.3 Å². The molecule has 0 radical (unpaired) electrons. The topological polar surface area (TPSA) is 46.2 Å². The van der Waals surface area contributed by atoms with Crippen LogP contribution < -0.4 is 0 Å². The Balaban J connectivity index is 6.61. The lowest BCUT2D eigenvalue weighted by Crippen LogP contribution is -2.64. The maximum absolute atomic E-state index is 6.99. The molecule has 182 valence electrons. The molecular formula is C19H52O5Si6. The average Bonchev–Trinajstić information content (AvgIpc) is 2.38. The summed E-state index contributed by atoms with van der Waals surface area (Å²) in [4.78, 5) is 0. The van der Waals surface area contributed by atoms with Crippen LogP contribution in [-0.4, -0.2) is 63.6 Å². The minimum absolute atomic E-state index is 0.334. The summed E-state index contributed by atoms with van der Waals surface area (Å²) < 4.78 is 33.9. The maximum Gasteiger partial charge on any atom is 0.469 e. The van der Waals surface area contributed by atoms with Crippen molar-refractivity contribution in [2.75, 3.05) is 13.2 Å². The predicted molar refractivity (Wildman–Crippen MR) is 146 cm³/mol. The first-order valence-corrected chi connectivity index (χ1v) is 29.6. The molecule has 0 bridgehead atoms. The van der Waals surface area contributed by atoms with E-state index in [4.69, 9.17) is 21.2 Å². The summed E-state index contributed by atoms with van der Waals surface area (Å²) in [7, 11) is -12.8. The highest BCUT2D eigenvalue weighted by atomic mass is 28.5. The number of hydrogen-bond acceptors (Lipinski definition) is 5. The van der Waals surface area contributed by atoms with Crippen LogP contribution in [0, 0.1) is 0 Å². The molecule has 0 unspecified atom stereocenters. The summed E-state index contributed by atoms with van der Waals surface area (Å²) >= 11 is 0. The van der Waals surface area contributed by atoms with E-state index in [1.54, 1.807) is 0 Å². The van der Waals surface area contributed by atoms with Crippen molar-refractivity contribution in [3.8, 4) is 0 Å². The third-order valence-electron chi connectivity index (χ3n) is 4.55. The number of rotatable bonds is 14.